The molecule has 2 nitrogen and oxygen atoms in total. The van der Waals surface area contributed by atoms with Crippen molar-refractivity contribution in [1.29, 1.82) is 0 Å². The number of nitrogens with one attached hydrogen (secondary N) is 1. The Bertz CT molecular complexity index is 382. The standard InChI is InChI=1S/C16H25BrN2/c1-12(14-4-6-16(17)7-5-14)18-13(2)15-8-10-19(3)11-9-15/h4-7,12-13,15,18H,8-11H2,1-3H3. The van der Waals surface area contributed by atoms with Crippen LogP contribution in [0, 0.1) is 5.92 Å². The van der Waals surface area contributed by atoms with Gasteiger partial charge in [0.25, 0.3) is 0 Å². The highest BCUT2D eigenvalue weighted by molar-refractivity contribution is 9.10. The topological polar surface area (TPSA) is 15.3 Å². The largest absolute Gasteiger partial charge is 0.307 e. The Morgan fingerprint density at radius 3 is 2.32 bits per heavy atom. The van der Waals surface area contributed by atoms with Crippen LogP contribution in [0.5, 0.6) is 0 Å². The van der Waals surface area contributed by atoms with Gasteiger partial charge in [-0.15, -0.1) is 0 Å². The molecule has 19 heavy (non-hydrogen) atoms. The molecule has 2 rings (SSSR count). The van der Waals surface area contributed by atoms with Gasteiger partial charge in [-0.1, -0.05) is 28.1 Å². The maximum atomic E-state index is 3.77. The van der Waals surface area contributed by atoms with E-state index in [9.17, 15) is 0 Å². The zero-order chi connectivity index (χ0) is 13.8. The minimum Gasteiger partial charge on any atom is -0.307 e. The van der Waals surface area contributed by atoms with E-state index >= 15 is 0 Å². The Hall–Kier alpha value is -0.380. The molecule has 0 bridgehead atoms. The number of hydrogen-bond acceptors (Lipinski definition) is 2. The number of piperidine rings is 1. The van der Waals surface area contributed by atoms with E-state index in [4.69, 9.17) is 0 Å². The van der Waals surface area contributed by atoms with Gasteiger partial charge in [-0.2, -0.15) is 0 Å². The van der Waals surface area contributed by atoms with Gasteiger partial charge in [0.1, 0.15) is 0 Å². The van der Waals surface area contributed by atoms with Crippen molar-refractivity contribution in [3.05, 3.63) is 34.3 Å². The van der Waals surface area contributed by atoms with Crippen molar-refractivity contribution < 1.29 is 0 Å². The van der Waals surface area contributed by atoms with Crippen LogP contribution in [-0.2, 0) is 0 Å². The molecule has 2 unspecified atom stereocenters. The molecule has 0 spiro atoms. The Morgan fingerprint density at radius 1 is 1.16 bits per heavy atom. The van der Waals surface area contributed by atoms with Crippen molar-refractivity contribution in [1.82, 2.24) is 10.2 Å². The van der Waals surface area contributed by atoms with E-state index in [1.165, 1.54) is 31.5 Å². The molecule has 3 heteroatoms. The van der Waals surface area contributed by atoms with Crippen LogP contribution in [0.2, 0.25) is 0 Å². The number of rotatable bonds is 4. The SMILES string of the molecule is CC(NC(C)C1CCN(C)CC1)c1ccc(Br)cc1. The monoisotopic (exact) mass is 324 g/mol. The molecule has 1 aliphatic heterocycles. The minimum atomic E-state index is 0.419. The summed E-state index contributed by atoms with van der Waals surface area (Å²) in [6.07, 6.45) is 2.63. The molecular formula is C16H25BrN2. The zero-order valence-corrected chi connectivity index (χ0v) is 13.8. The van der Waals surface area contributed by atoms with Crippen LogP contribution >= 0.6 is 15.9 Å². The highest BCUT2D eigenvalue weighted by Gasteiger charge is 2.23. The molecule has 1 N–H and O–H groups in total. The summed E-state index contributed by atoms with van der Waals surface area (Å²) in [5.41, 5.74) is 1.36. The molecule has 0 saturated carbocycles. The van der Waals surface area contributed by atoms with E-state index in [-0.39, 0.29) is 0 Å². The van der Waals surface area contributed by atoms with E-state index in [0.29, 0.717) is 12.1 Å². The van der Waals surface area contributed by atoms with Gasteiger partial charge in [-0.25, -0.2) is 0 Å². The molecule has 1 saturated heterocycles. The fourth-order valence-corrected chi connectivity index (χ4v) is 3.17. The summed E-state index contributed by atoms with van der Waals surface area (Å²) < 4.78 is 1.15. The molecule has 106 valence electrons. The van der Waals surface area contributed by atoms with Gasteiger partial charge < -0.3 is 10.2 Å². The van der Waals surface area contributed by atoms with Gasteiger partial charge >= 0.3 is 0 Å². The molecule has 1 aromatic rings. The molecule has 0 aliphatic carbocycles. The lowest BCUT2D eigenvalue weighted by atomic mass is 9.90. The van der Waals surface area contributed by atoms with Crippen LogP contribution < -0.4 is 5.32 Å². The van der Waals surface area contributed by atoms with Crippen LogP contribution in [0.3, 0.4) is 0 Å². The van der Waals surface area contributed by atoms with Gasteiger partial charge in [-0.05, 0) is 70.4 Å². The fourth-order valence-electron chi connectivity index (χ4n) is 2.91. The van der Waals surface area contributed by atoms with Crippen molar-refractivity contribution in [3.8, 4) is 0 Å². The lowest BCUT2D eigenvalue weighted by Crippen LogP contribution is -2.41. The maximum Gasteiger partial charge on any atom is 0.0294 e. The first-order valence-corrected chi connectivity index (χ1v) is 8.05. The van der Waals surface area contributed by atoms with E-state index in [1.54, 1.807) is 0 Å². The van der Waals surface area contributed by atoms with E-state index in [0.717, 1.165) is 10.4 Å². The number of benzene rings is 1. The summed E-state index contributed by atoms with van der Waals surface area (Å²) in [5.74, 6) is 0.814. The second-order valence-corrected chi connectivity index (χ2v) is 6.78. The van der Waals surface area contributed by atoms with Crippen molar-refractivity contribution in [2.45, 2.75) is 38.8 Å². The van der Waals surface area contributed by atoms with Crippen molar-refractivity contribution >= 4 is 15.9 Å². The number of halogens is 1. The van der Waals surface area contributed by atoms with E-state index in [2.05, 4.69) is 71.3 Å². The molecule has 2 atom stereocenters. The molecule has 1 fully saturated rings. The Morgan fingerprint density at radius 2 is 1.74 bits per heavy atom. The minimum absolute atomic E-state index is 0.419. The third kappa shape index (κ3) is 4.30. The van der Waals surface area contributed by atoms with Crippen LogP contribution in [-0.4, -0.2) is 31.1 Å². The maximum absolute atomic E-state index is 3.77. The molecular weight excluding hydrogens is 300 g/mol. The second kappa shape index (κ2) is 6.87. The Kier molecular flexibility index (Phi) is 5.43. The molecule has 1 aliphatic rings. The fraction of sp³-hybridized carbons (Fsp3) is 0.625. The smallest absolute Gasteiger partial charge is 0.0294 e. The number of likely N-dealkylation sites (tertiary alicyclic amines) is 1. The molecule has 0 radical (unpaired) electrons. The summed E-state index contributed by atoms with van der Waals surface area (Å²) in [6.45, 7) is 7.08. The zero-order valence-electron chi connectivity index (χ0n) is 12.2. The highest BCUT2D eigenvalue weighted by Crippen LogP contribution is 2.23. The summed E-state index contributed by atoms with van der Waals surface area (Å²) in [4.78, 5) is 2.43. The van der Waals surface area contributed by atoms with Gasteiger partial charge in [0, 0.05) is 16.6 Å². The Labute approximate surface area is 125 Å². The van der Waals surface area contributed by atoms with Crippen LogP contribution in [0.15, 0.2) is 28.7 Å². The summed E-state index contributed by atoms with van der Waals surface area (Å²) in [5, 5.41) is 3.77. The van der Waals surface area contributed by atoms with Gasteiger partial charge in [-0.3, -0.25) is 0 Å². The van der Waals surface area contributed by atoms with Crippen LogP contribution in [0.25, 0.3) is 0 Å². The third-order valence-corrected chi connectivity index (χ3v) is 4.88. The first-order valence-electron chi connectivity index (χ1n) is 7.26. The second-order valence-electron chi connectivity index (χ2n) is 5.87. The summed E-state index contributed by atoms with van der Waals surface area (Å²) in [7, 11) is 2.22. The number of nitrogens with zero attached hydrogens (tertiary/aromatic N) is 1. The van der Waals surface area contributed by atoms with Crippen molar-refractivity contribution in [3.63, 3.8) is 0 Å². The lowest BCUT2D eigenvalue weighted by molar-refractivity contribution is 0.185. The predicted molar refractivity (Wildman–Crippen MR) is 85.4 cm³/mol. The van der Waals surface area contributed by atoms with Crippen molar-refractivity contribution in [2.24, 2.45) is 5.92 Å². The normalized spacial score (nSPS) is 21.3. The highest BCUT2D eigenvalue weighted by atomic mass is 79.9. The molecule has 0 aromatic heterocycles. The average Bonchev–Trinajstić information content (AvgIpc) is 2.40. The number of hydrogen-bond donors (Lipinski definition) is 1. The van der Waals surface area contributed by atoms with E-state index < -0.39 is 0 Å². The lowest BCUT2D eigenvalue weighted by Gasteiger charge is -2.34. The average molecular weight is 325 g/mol. The summed E-state index contributed by atoms with van der Waals surface area (Å²) in [6, 6.07) is 9.64. The Balaban J connectivity index is 1.87. The summed E-state index contributed by atoms with van der Waals surface area (Å²) >= 11 is 3.49. The first kappa shape index (κ1) is 15.0. The van der Waals surface area contributed by atoms with Gasteiger partial charge in [0.05, 0.1) is 0 Å². The quantitative estimate of drug-likeness (QED) is 0.905. The van der Waals surface area contributed by atoms with E-state index in [1.807, 2.05) is 0 Å². The van der Waals surface area contributed by atoms with Crippen LogP contribution in [0.4, 0.5) is 0 Å². The molecule has 1 heterocycles. The van der Waals surface area contributed by atoms with Crippen molar-refractivity contribution in [2.75, 3.05) is 20.1 Å². The van der Waals surface area contributed by atoms with Gasteiger partial charge in [0.2, 0.25) is 0 Å². The molecule has 1 aromatic carbocycles. The van der Waals surface area contributed by atoms with Gasteiger partial charge in [0.15, 0.2) is 0 Å². The first-order chi connectivity index (χ1) is 9.06. The third-order valence-electron chi connectivity index (χ3n) is 4.35. The molecule has 0 amide bonds. The van der Waals surface area contributed by atoms with Crippen LogP contribution in [0.1, 0.15) is 38.3 Å². The predicted octanol–water partition coefficient (Wildman–Crippen LogP) is 3.83.